The monoisotopic (exact) mass is 254 g/mol. The fraction of sp³-hybridized carbons (Fsp3) is 0.636. The highest BCUT2D eigenvalue weighted by Gasteiger charge is 2.14. The topological polar surface area (TPSA) is 25.8 Å². The van der Waals surface area contributed by atoms with E-state index in [9.17, 15) is 0 Å². The van der Waals surface area contributed by atoms with E-state index >= 15 is 0 Å². The van der Waals surface area contributed by atoms with Gasteiger partial charge >= 0.3 is 0 Å². The van der Waals surface area contributed by atoms with Gasteiger partial charge in [-0.15, -0.1) is 0 Å². The van der Waals surface area contributed by atoms with Crippen LogP contribution in [-0.2, 0) is 6.42 Å². The van der Waals surface area contributed by atoms with E-state index in [4.69, 9.17) is 0 Å². The van der Waals surface area contributed by atoms with Crippen LogP contribution in [-0.4, -0.2) is 9.97 Å². The van der Waals surface area contributed by atoms with Gasteiger partial charge in [-0.05, 0) is 34.3 Å². The van der Waals surface area contributed by atoms with Crippen LogP contribution in [0.15, 0.2) is 17.0 Å². The predicted octanol–water partition coefficient (Wildman–Crippen LogP) is 3.36. The van der Waals surface area contributed by atoms with Gasteiger partial charge in [0.25, 0.3) is 0 Å². The zero-order valence-corrected chi connectivity index (χ0v) is 9.83. The Labute approximate surface area is 93.3 Å². The molecular formula is C11H15BrN2. The molecule has 1 fully saturated rings. The maximum Gasteiger partial charge on any atom is 0.116 e. The molecule has 1 aliphatic rings. The van der Waals surface area contributed by atoms with Crippen LogP contribution in [0.1, 0.15) is 37.8 Å². The van der Waals surface area contributed by atoms with Crippen molar-refractivity contribution in [2.45, 2.75) is 38.5 Å². The van der Waals surface area contributed by atoms with Crippen LogP contribution in [0.5, 0.6) is 0 Å². The molecule has 76 valence electrons. The SMILES string of the molecule is Brc1cc(CC2CCCCC2)ncn1. The van der Waals surface area contributed by atoms with E-state index in [1.54, 1.807) is 6.33 Å². The van der Waals surface area contributed by atoms with Gasteiger partial charge in [0.2, 0.25) is 0 Å². The molecule has 0 saturated heterocycles. The minimum absolute atomic E-state index is 0.852. The first kappa shape index (κ1) is 10.1. The lowest BCUT2D eigenvalue weighted by Crippen LogP contribution is -2.10. The normalized spacial score (nSPS) is 18.4. The largest absolute Gasteiger partial charge is 0.241 e. The van der Waals surface area contributed by atoms with Crippen LogP contribution in [0.2, 0.25) is 0 Å². The number of hydrogen-bond donors (Lipinski definition) is 0. The second kappa shape index (κ2) is 4.87. The van der Waals surface area contributed by atoms with Crippen LogP contribution in [0.3, 0.4) is 0 Å². The molecule has 14 heavy (non-hydrogen) atoms. The van der Waals surface area contributed by atoms with E-state index in [1.807, 2.05) is 6.07 Å². The summed E-state index contributed by atoms with van der Waals surface area (Å²) in [5.41, 5.74) is 1.18. The summed E-state index contributed by atoms with van der Waals surface area (Å²) in [6.07, 6.45) is 9.74. The van der Waals surface area contributed by atoms with E-state index in [0.29, 0.717) is 0 Å². The van der Waals surface area contributed by atoms with Gasteiger partial charge in [-0.2, -0.15) is 0 Å². The Balaban J connectivity index is 1.95. The molecule has 1 saturated carbocycles. The van der Waals surface area contributed by atoms with Crippen molar-refractivity contribution in [2.75, 3.05) is 0 Å². The summed E-state index contributed by atoms with van der Waals surface area (Å²) in [5.74, 6) is 0.852. The summed E-state index contributed by atoms with van der Waals surface area (Å²) < 4.78 is 0.901. The van der Waals surface area contributed by atoms with Gasteiger partial charge in [0.1, 0.15) is 10.9 Å². The summed E-state index contributed by atoms with van der Waals surface area (Å²) in [7, 11) is 0. The Morgan fingerprint density at radius 1 is 1.21 bits per heavy atom. The highest BCUT2D eigenvalue weighted by Crippen LogP contribution is 2.26. The first-order chi connectivity index (χ1) is 6.84. The molecule has 0 amide bonds. The van der Waals surface area contributed by atoms with Gasteiger partial charge in [-0.25, -0.2) is 9.97 Å². The van der Waals surface area contributed by atoms with Crippen molar-refractivity contribution in [2.24, 2.45) is 5.92 Å². The first-order valence-corrected chi connectivity index (χ1v) is 6.10. The lowest BCUT2D eigenvalue weighted by atomic mass is 9.86. The minimum Gasteiger partial charge on any atom is -0.241 e. The lowest BCUT2D eigenvalue weighted by Gasteiger charge is -2.20. The summed E-state index contributed by atoms with van der Waals surface area (Å²) in [6, 6.07) is 2.04. The molecular weight excluding hydrogens is 240 g/mol. The average Bonchev–Trinajstić information content (AvgIpc) is 2.19. The third-order valence-electron chi connectivity index (χ3n) is 2.91. The molecule has 0 atom stereocenters. The number of aromatic nitrogens is 2. The first-order valence-electron chi connectivity index (χ1n) is 5.31. The Kier molecular flexibility index (Phi) is 3.51. The highest BCUT2D eigenvalue weighted by molar-refractivity contribution is 9.10. The molecule has 2 nitrogen and oxygen atoms in total. The molecule has 0 spiro atoms. The van der Waals surface area contributed by atoms with Crippen molar-refractivity contribution in [1.82, 2.24) is 9.97 Å². The number of nitrogens with zero attached hydrogens (tertiary/aromatic N) is 2. The molecule has 2 rings (SSSR count). The van der Waals surface area contributed by atoms with Gasteiger partial charge < -0.3 is 0 Å². The van der Waals surface area contributed by atoms with Crippen LogP contribution in [0, 0.1) is 5.92 Å². The maximum absolute atomic E-state index is 4.29. The van der Waals surface area contributed by atoms with Gasteiger partial charge in [0.05, 0.1) is 0 Å². The second-order valence-electron chi connectivity index (χ2n) is 4.04. The number of halogens is 1. The van der Waals surface area contributed by atoms with E-state index in [-0.39, 0.29) is 0 Å². The molecule has 1 aromatic heterocycles. The van der Waals surface area contributed by atoms with E-state index < -0.39 is 0 Å². The van der Waals surface area contributed by atoms with Crippen molar-refractivity contribution >= 4 is 15.9 Å². The number of hydrogen-bond acceptors (Lipinski definition) is 2. The third-order valence-corrected chi connectivity index (χ3v) is 3.35. The van der Waals surface area contributed by atoms with Crippen LogP contribution in [0.25, 0.3) is 0 Å². The van der Waals surface area contributed by atoms with E-state index in [2.05, 4.69) is 25.9 Å². The smallest absolute Gasteiger partial charge is 0.116 e. The van der Waals surface area contributed by atoms with Crippen molar-refractivity contribution < 1.29 is 0 Å². The fourth-order valence-electron chi connectivity index (χ4n) is 2.17. The number of rotatable bonds is 2. The van der Waals surface area contributed by atoms with Gasteiger partial charge in [0.15, 0.2) is 0 Å². The molecule has 1 aliphatic carbocycles. The van der Waals surface area contributed by atoms with Gasteiger partial charge in [-0.3, -0.25) is 0 Å². The molecule has 1 aromatic rings. The minimum atomic E-state index is 0.852. The molecule has 0 aliphatic heterocycles. The highest BCUT2D eigenvalue weighted by atomic mass is 79.9. The lowest BCUT2D eigenvalue weighted by molar-refractivity contribution is 0.354. The quantitative estimate of drug-likeness (QED) is 0.757. The Morgan fingerprint density at radius 3 is 2.71 bits per heavy atom. The zero-order valence-electron chi connectivity index (χ0n) is 8.25. The average molecular weight is 255 g/mol. The fourth-order valence-corrected chi connectivity index (χ4v) is 2.52. The molecule has 1 heterocycles. The van der Waals surface area contributed by atoms with Crippen molar-refractivity contribution in [3.8, 4) is 0 Å². The van der Waals surface area contributed by atoms with Gasteiger partial charge in [-0.1, -0.05) is 32.1 Å². The third kappa shape index (κ3) is 2.77. The molecule has 0 N–H and O–H groups in total. The zero-order chi connectivity index (χ0) is 9.80. The summed E-state index contributed by atoms with van der Waals surface area (Å²) in [4.78, 5) is 8.33. The molecule has 0 radical (unpaired) electrons. The van der Waals surface area contributed by atoms with Crippen LogP contribution >= 0.6 is 15.9 Å². The maximum atomic E-state index is 4.29. The second-order valence-corrected chi connectivity index (χ2v) is 4.85. The standard InChI is InChI=1S/C11H15BrN2/c12-11-7-10(13-8-14-11)6-9-4-2-1-3-5-9/h7-9H,1-6H2. The van der Waals surface area contributed by atoms with Crippen LogP contribution < -0.4 is 0 Å². The Hall–Kier alpha value is -0.440. The van der Waals surface area contributed by atoms with Crippen LogP contribution in [0.4, 0.5) is 0 Å². The summed E-state index contributed by atoms with van der Waals surface area (Å²) >= 11 is 3.38. The molecule has 0 aromatic carbocycles. The predicted molar refractivity (Wildman–Crippen MR) is 60.0 cm³/mol. The molecule has 3 heteroatoms. The Morgan fingerprint density at radius 2 is 2.00 bits per heavy atom. The molecule has 0 bridgehead atoms. The van der Waals surface area contributed by atoms with Crippen molar-refractivity contribution in [3.05, 3.63) is 22.7 Å². The Bertz CT molecular complexity index is 295. The van der Waals surface area contributed by atoms with Crippen molar-refractivity contribution in [3.63, 3.8) is 0 Å². The summed E-state index contributed by atoms with van der Waals surface area (Å²) in [6.45, 7) is 0. The van der Waals surface area contributed by atoms with E-state index in [1.165, 1.54) is 37.8 Å². The van der Waals surface area contributed by atoms with E-state index in [0.717, 1.165) is 16.9 Å². The molecule has 0 unspecified atom stereocenters. The van der Waals surface area contributed by atoms with Gasteiger partial charge in [0, 0.05) is 5.69 Å². The summed E-state index contributed by atoms with van der Waals surface area (Å²) in [5, 5.41) is 0. The van der Waals surface area contributed by atoms with Crippen molar-refractivity contribution in [1.29, 1.82) is 0 Å².